The van der Waals surface area contributed by atoms with Crippen molar-refractivity contribution in [2.24, 2.45) is 5.92 Å². The van der Waals surface area contributed by atoms with Crippen molar-refractivity contribution >= 4 is 23.2 Å². The van der Waals surface area contributed by atoms with Gasteiger partial charge in [-0.1, -0.05) is 25.8 Å². The summed E-state index contributed by atoms with van der Waals surface area (Å²) in [7, 11) is 0. The zero-order valence-corrected chi connectivity index (χ0v) is 14.3. The predicted molar refractivity (Wildman–Crippen MR) is 89.0 cm³/mol. The maximum absolute atomic E-state index is 12.7. The van der Waals surface area contributed by atoms with Gasteiger partial charge in [-0.15, -0.1) is 11.3 Å². The fourth-order valence-electron chi connectivity index (χ4n) is 3.40. The average molecular weight is 336 g/mol. The Kier molecular flexibility index (Phi) is 5.33. The van der Waals surface area contributed by atoms with Crippen LogP contribution in [0.1, 0.15) is 37.5 Å². The second kappa shape index (κ2) is 7.45. The van der Waals surface area contributed by atoms with Crippen LogP contribution in [0.15, 0.2) is 17.5 Å². The van der Waals surface area contributed by atoms with Gasteiger partial charge in [0.05, 0.1) is 13.2 Å². The van der Waals surface area contributed by atoms with E-state index in [2.05, 4.69) is 12.2 Å². The van der Waals surface area contributed by atoms with Gasteiger partial charge in [0.2, 0.25) is 11.8 Å². The van der Waals surface area contributed by atoms with Crippen molar-refractivity contribution < 1.29 is 14.3 Å². The molecule has 2 heterocycles. The van der Waals surface area contributed by atoms with E-state index in [0.29, 0.717) is 12.5 Å². The molecule has 5 nitrogen and oxygen atoms in total. The summed E-state index contributed by atoms with van der Waals surface area (Å²) in [5.74, 6) is 0.313. The summed E-state index contributed by atoms with van der Waals surface area (Å²) in [5.41, 5.74) is 0. The zero-order valence-electron chi connectivity index (χ0n) is 13.5. The highest BCUT2D eigenvalue weighted by molar-refractivity contribution is 7.09. The highest BCUT2D eigenvalue weighted by atomic mass is 32.1. The summed E-state index contributed by atoms with van der Waals surface area (Å²) >= 11 is 1.60. The number of nitrogens with one attached hydrogen (secondary N) is 1. The van der Waals surface area contributed by atoms with Gasteiger partial charge in [-0.05, 0) is 30.2 Å². The van der Waals surface area contributed by atoms with E-state index in [0.717, 1.165) is 24.1 Å². The maximum Gasteiger partial charge on any atom is 0.249 e. The van der Waals surface area contributed by atoms with Crippen LogP contribution >= 0.6 is 11.3 Å². The summed E-state index contributed by atoms with van der Waals surface area (Å²) in [6.45, 7) is 3.02. The lowest BCUT2D eigenvalue weighted by atomic mass is 9.86. The van der Waals surface area contributed by atoms with E-state index < -0.39 is 6.04 Å². The number of nitrogens with zero attached hydrogens (tertiary/aromatic N) is 1. The lowest BCUT2D eigenvalue weighted by Gasteiger charge is -2.36. The van der Waals surface area contributed by atoms with E-state index in [1.807, 2.05) is 17.5 Å². The average Bonchev–Trinajstić information content (AvgIpc) is 3.04. The predicted octanol–water partition coefficient (Wildman–Crippen LogP) is 2.17. The third kappa shape index (κ3) is 3.93. The Balaban J connectivity index is 1.67. The van der Waals surface area contributed by atoms with Crippen molar-refractivity contribution in [3.05, 3.63) is 22.4 Å². The van der Waals surface area contributed by atoms with Crippen LogP contribution in [0.2, 0.25) is 0 Å². The van der Waals surface area contributed by atoms with Crippen LogP contribution in [0.5, 0.6) is 0 Å². The molecule has 0 bridgehead atoms. The Morgan fingerprint density at radius 3 is 3.00 bits per heavy atom. The maximum atomic E-state index is 12.7. The number of carbonyl (C=O) groups is 2. The molecule has 1 aromatic rings. The Hall–Kier alpha value is -1.40. The van der Waals surface area contributed by atoms with Crippen molar-refractivity contribution in [1.82, 2.24) is 10.2 Å². The molecular weight excluding hydrogens is 312 g/mol. The molecule has 3 rings (SSSR count). The van der Waals surface area contributed by atoms with E-state index in [1.165, 1.54) is 6.42 Å². The number of morpholine rings is 1. The molecule has 0 spiro atoms. The highest BCUT2D eigenvalue weighted by Crippen LogP contribution is 2.24. The Bertz CT molecular complexity index is 546. The summed E-state index contributed by atoms with van der Waals surface area (Å²) in [5, 5.41) is 5.14. The van der Waals surface area contributed by atoms with Crippen LogP contribution in [0, 0.1) is 5.92 Å². The fraction of sp³-hybridized carbons (Fsp3) is 0.647. The van der Waals surface area contributed by atoms with Crippen LogP contribution < -0.4 is 5.32 Å². The molecule has 1 N–H and O–H groups in total. The minimum absolute atomic E-state index is 0.0645. The van der Waals surface area contributed by atoms with Gasteiger partial charge in [0, 0.05) is 10.9 Å². The van der Waals surface area contributed by atoms with Gasteiger partial charge in [-0.3, -0.25) is 9.59 Å². The Labute approximate surface area is 141 Å². The molecule has 23 heavy (non-hydrogen) atoms. The molecule has 126 valence electrons. The van der Waals surface area contributed by atoms with Crippen LogP contribution in [0.3, 0.4) is 0 Å². The van der Waals surface area contributed by atoms with Gasteiger partial charge < -0.3 is 15.0 Å². The van der Waals surface area contributed by atoms with Crippen molar-refractivity contribution in [2.75, 3.05) is 13.2 Å². The van der Waals surface area contributed by atoms with Crippen LogP contribution in [0.4, 0.5) is 0 Å². The molecule has 1 saturated heterocycles. The first-order valence-corrected chi connectivity index (χ1v) is 9.23. The molecular formula is C17H24N2O3S. The van der Waals surface area contributed by atoms with Crippen molar-refractivity contribution in [3.8, 4) is 0 Å². The van der Waals surface area contributed by atoms with Crippen molar-refractivity contribution in [1.29, 1.82) is 0 Å². The molecule has 6 heteroatoms. The van der Waals surface area contributed by atoms with Gasteiger partial charge in [0.1, 0.15) is 12.6 Å². The Morgan fingerprint density at radius 2 is 2.26 bits per heavy atom. The highest BCUT2D eigenvalue weighted by Gasteiger charge is 2.35. The molecule has 2 amide bonds. The molecule has 0 aromatic carbocycles. The smallest absolute Gasteiger partial charge is 0.249 e. The minimum atomic E-state index is -0.521. The monoisotopic (exact) mass is 336 g/mol. The molecule has 1 aromatic heterocycles. The quantitative estimate of drug-likeness (QED) is 0.917. The van der Waals surface area contributed by atoms with Crippen LogP contribution in [0.25, 0.3) is 0 Å². The largest absolute Gasteiger partial charge is 0.369 e. The molecule has 1 aliphatic heterocycles. The zero-order chi connectivity index (χ0) is 16.2. The normalized spacial score (nSPS) is 28.7. The second-order valence-corrected chi connectivity index (χ2v) is 7.54. The molecule has 1 aliphatic carbocycles. The SMILES string of the molecule is C[C@@H]1CCCC[C@H]1NC(=O)[C@@H]1COCC(=O)N1Cc1cccs1. The van der Waals surface area contributed by atoms with Crippen molar-refractivity contribution in [3.63, 3.8) is 0 Å². The summed E-state index contributed by atoms with van der Waals surface area (Å²) in [6.07, 6.45) is 4.58. The molecule has 0 radical (unpaired) electrons. The third-order valence-corrected chi connectivity index (χ3v) is 5.71. The number of thiophene rings is 1. The van der Waals surface area contributed by atoms with Gasteiger partial charge >= 0.3 is 0 Å². The van der Waals surface area contributed by atoms with Crippen molar-refractivity contribution in [2.45, 2.75) is 51.2 Å². The van der Waals surface area contributed by atoms with Gasteiger partial charge in [0.15, 0.2) is 0 Å². The molecule has 1 saturated carbocycles. The van der Waals surface area contributed by atoms with Crippen LogP contribution in [-0.4, -0.2) is 42.0 Å². The number of ether oxygens (including phenoxy) is 1. The van der Waals surface area contributed by atoms with E-state index in [9.17, 15) is 9.59 Å². The standard InChI is InChI=1S/C17H24N2O3S/c1-12-5-2-3-7-14(12)18-17(21)15-10-22-11-16(20)19(15)9-13-6-4-8-23-13/h4,6,8,12,14-15H,2-3,5,7,9-11H2,1H3,(H,18,21)/t12-,14-,15+/m1/s1. The number of rotatable bonds is 4. The fourth-order valence-corrected chi connectivity index (χ4v) is 4.10. The summed E-state index contributed by atoms with van der Waals surface area (Å²) in [4.78, 5) is 27.7. The molecule has 0 unspecified atom stereocenters. The van der Waals surface area contributed by atoms with E-state index in [4.69, 9.17) is 4.74 Å². The topological polar surface area (TPSA) is 58.6 Å². The lowest BCUT2D eigenvalue weighted by Crippen LogP contribution is -2.58. The third-order valence-electron chi connectivity index (χ3n) is 4.85. The van der Waals surface area contributed by atoms with E-state index in [-0.39, 0.29) is 31.1 Å². The molecule has 3 atom stereocenters. The van der Waals surface area contributed by atoms with E-state index in [1.54, 1.807) is 16.2 Å². The number of hydrogen-bond acceptors (Lipinski definition) is 4. The summed E-state index contributed by atoms with van der Waals surface area (Å²) < 4.78 is 5.33. The van der Waals surface area contributed by atoms with Crippen LogP contribution in [-0.2, 0) is 20.9 Å². The number of carbonyl (C=O) groups excluding carboxylic acids is 2. The first kappa shape index (κ1) is 16.5. The van der Waals surface area contributed by atoms with Gasteiger partial charge in [-0.25, -0.2) is 0 Å². The lowest BCUT2D eigenvalue weighted by molar-refractivity contribution is -0.156. The van der Waals surface area contributed by atoms with Gasteiger partial charge in [-0.2, -0.15) is 0 Å². The molecule has 2 fully saturated rings. The number of amides is 2. The first-order chi connectivity index (χ1) is 11.1. The molecule has 2 aliphatic rings. The van der Waals surface area contributed by atoms with E-state index >= 15 is 0 Å². The first-order valence-electron chi connectivity index (χ1n) is 8.35. The Morgan fingerprint density at radius 1 is 1.43 bits per heavy atom. The minimum Gasteiger partial charge on any atom is -0.369 e. The van der Waals surface area contributed by atoms with Gasteiger partial charge in [0.25, 0.3) is 0 Å². The summed E-state index contributed by atoms with van der Waals surface area (Å²) in [6, 6.07) is 3.65. The second-order valence-electron chi connectivity index (χ2n) is 6.51. The number of hydrogen-bond donors (Lipinski definition) is 1.